The van der Waals surface area contributed by atoms with Gasteiger partial charge in [0.05, 0.1) is 0 Å². The Balaban J connectivity index is 2.68. The van der Waals surface area contributed by atoms with Crippen LogP contribution in [0.15, 0.2) is 23.4 Å². The molecule has 0 unspecified atom stereocenters. The first-order valence-electron chi connectivity index (χ1n) is 5.97. The molecular formula is C13H18FN3O2. The lowest BCUT2D eigenvalue weighted by molar-refractivity contribution is -0.121. The molecular weight excluding hydrogens is 249 g/mol. The van der Waals surface area contributed by atoms with Gasteiger partial charge >= 0.3 is 0 Å². The Kier molecular flexibility index (Phi) is 5.29. The largest absolute Gasteiger partial charge is 0.409 e. The summed E-state index contributed by atoms with van der Waals surface area (Å²) in [7, 11) is 0. The number of oxime groups is 1. The van der Waals surface area contributed by atoms with Gasteiger partial charge < -0.3 is 16.3 Å². The van der Waals surface area contributed by atoms with Gasteiger partial charge in [0, 0.05) is 24.1 Å². The molecule has 0 saturated carbocycles. The number of hydrogen-bond donors (Lipinski definition) is 3. The molecule has 0 fully saturated rings. The van der Waals surface area contributed by atoms with E-state index >= 15 is 0 Å². The first kappa shape index (κ1) is 14.9. The van der Waals surface area contributed by atoms with E-state index < -0.39 is 5.82 Å². The van der Waals surface area contributed by atoms with Crippen molar-refractivity contribution < 1.29 is 14.4 Å². The fourth-order valence-corrected chi connectivity index (χ4v) is 1.54. The lowest BCUT2D eigenvalue weighted by Gasteiger charge is -2.09. The average Bonchev–Trinajstić information content (AvgIpc) is 2.35. The van der Waals surface area contributed by atoms with Gasteiger partial charge in [-0.15, -0.1) is 0 Å². The molecule has 0 aliphatic heterocycles. The predicted molar refractivity (Wildman–Crippen MR) is 70.2 cm³/mol. The Morgan fingerprint density at radius 1 is 1.53 bits per heavy atom. The van der Waals surface area contributed by atoms with Crippen molar-refractivity contribution >= 4 is 11.7 Å². The number of benzene rings is 1. The van der Waals surface area contributed by atoms with Gasteiger partial charge in [0.25, 0.3) is 0 Å². The minimum absolute atomic E-state index is 0.116. The van der Waals surface area contributed by atoms with E-state index in [1.54, 1.807) is 0 Å². The summed E-state index contributed by atoms with van der Waals surface area (Å²) in [6.45, 7) is 3.99. The molecule has 1 aromatic rings. The van der Waals surface area contributed by atoms with Crippen LogP contribution < -0.4 is 11.1 Å². The summed E-state index contributed by atoms with van der Waals surface area (Å²) in [6, 6.07) is 4.19. The van der Waals surface area contributed by atoms with Crippen molar-refractivity contribution in [2.75, 3.05) is 0 Å². The van der Waals surface area contributed by atoms with Gasteiger partial charge in [0.15, 0.2) is 5.84 Å². The van der Waals surface area contributed by atoms with Crippen molar-refractivity contribution in [3.63, 3.8) is 0 Å². The number of nitrogens with zero attached hydrogens (tertiary/aromatic N) is 1. The van der Waals surface area contributed by atoms with Crippen LogP contribution in [0.5, 0.6) is 0 Å². The molecule has 104 valence electrons. The number of rotatable bonds is 5. The molecule has 0 heterocycles. The minimum atomic E-state index is -0.506. The van der Waals surface area contributed by atoms with Gasteiger partial charge in [-0.1, -0.05) is 31.1 Å². The van der Waals surface area contributed by atoms with Crippen molar-refractivity contribution in [3.8, 4) is 0 Å². The molecule has 19 heavy (non-hydrogen) atoms. The number of amidine groups is 1. The van der Waals surface area contributed by atoms with E-state index in [2.05, 4.69) is 10.5 Å². The molecule has 0 saturated heterocycles. The second-order valence-corrected chi connectivity index (χ2v) is 4.67. The van der Waals surface area contributed by atoms with E-state index in [0.29, 0.717) is 12.0 Å². The van der Waals surface area contributed by atoms with Crippen molar-refractivity contribution in [1.29, 1.82) is 0 Å². The molecule has 4 N–H and O–H groups in total. The quantitative estimate of drug-likeness (QED) is 0.327. The van der Waals surface area contributed by atoms with Crippen molar-refractivity contribution in [2.45, 2.75) is 26.8 Å². The van der Waals surface area contributed by atoms with Gasteiger partial charge in [-0.3, -0.25) is 4.79 Å². The number of carbonyl (C=O) groups is 1. The van der Waals surface area contributed by atoms with Crippen LogP contribution in [0.2, 0.25) is 0 Å². The third kappa shape index (κ3) is 4.57. The second-order valence-electron chi connectivity index (χ2n) is 4.67. The fourth-order valence-electron chi connectivity index (χ4n) is 1.54. The van der Waals surface area contributed by atoms with Gasteiger partial charge in [0.1, 0.15) is 5.82 Å². The maximum absolute atomic E-state index is 13.7. The lowest BCUT2D eigenvalue weighted by Crippen LogP contribution is -2.24. The van der Waals surface area contributed by atoms with Crippen molar-refractivity contribution in [1.82, 2.24) is 5.32 Å². The van der Waals surface area contributed by atoms with Crippen molar-refractivity contribution in [2.24, 2.45) is 16.8 Å². The molecule has 0 atom stereocenters. The predicted octanol–water partition coefficient (Wildman–Crippen LogP) is 1.58. The van der Waals surface area contributed by atoms with Gasteiger partial charge in [-0.25, -0.2) is 4.39 Å². The third-order valence-electron chi connectivity index (χ3n) is 2.53. The summed E-state index contributed by atoms with van der Waals surface area (Å²) in [4.78, 5) is 11.5. The number of amides is 1. The van der Waals surface area contributed by atoms with E-state index in [9.17, 15) is 9.18 Å². The zero-order valence-corrected chi connectivity index (χ0v) is 11.0. The number of hydrogen-bond acceptors (Lipinski definition) is 3. The SMILES string of the molecule is CC(C)CC(=O)NCc1ccc(C(N)=NO)cc1F. The maximum Gasteiger partial charge on any atom is 0.220 e. The molecule has 1 rings (SSSR count). The Labute approximate surface area is 111 Å². The van der Waals surface area contributed by atoms with Crippen LogP contribution in [-0.2, 0) is 11.3 Å². The van der Waals surface area contributed by atoms with Crippen LogP contribution in [0, 0.1) is 11.7 Å². The lowest BCUT2D eigenvalue weighted by atomic mass is 10.1. The zero-order valence-electron chi connectivity index (χ0n) is 11.0. The van der Waals surface area contributed by atoms with E-state index in [1.807, 2.05) is 13.8 Å². The van der Waals surface area contributed by atoms with Crippen molar-refractivity contribution in [3.05, 3.63) is 35.1 Å². The van der Waals surface area contributed by atoms with E-state index in [1.165, 1.54) is 18.2 Å². The monoisotopic (exact) mass is 267 g/mol. The Morgan fingerprint density at radius 2 is 2.21 bits per heavy atom. The van der Waals surface area contributed by atoms with Crippen LogP contribution in [0.1, 0.15) is 31.4 Å². The highest BCUT2D eigenvalue weighted by atomic mass is 19.1. The van der Waals surface area contributed by atoms with E-state index in [4.69, 9.17) is 10.9 Å². The summed E-state index contributed by atoms with van der Waals surface area (Å²) < 4.78 is 13.7. The number of carbonyl (C=O) groups excluding carboxylic acids is 1. The summed E-state index contributed by atoms with van der Waals surface area (Å²) in [6.07, 6.45) is 0.407. The molecule has 0 aliphatic rings. The Morgan fingerprint density at radius 3 is 2.74 bits per heavy atom. The normalized spacial score (nSPS) is 11.7. The van der Waals surface area contributed by atoms with Gasteiger partial charge in [-0.05, 0) is 12.0 Å². The smallest absolute Gasteiger partial charge is 0.220 e. The highest BCUT2D eigenvalue weighted by molar-refractivity contribution is 5.97. The minimum Gasteiger partial charge on any atom is -0.409 e. The van der Waals surface area contributed by atoms with Gasteiger partial charge in [-0.2, -0.15) is 0 Å². The fraction of sp³-hybridized carbons (Fsp3) is 0.385. The van der Waals surface area contributed by atoms with Crippen LogP contribution in [0.3, 0.4) is 0 Å². The second kappa shape index (κ2) is 6.72. The highest BCUT2D eigenvalue weighted by Gasteiger charge is 2.09. The molecule has 0 spiro atoms. The maximum atomic E-state index is 13.7. The summed E-state index contributed by atoms with van der Waals surface area (Å²) >= 11 is 0. The standard InChI is InChI=1S/C13H18FN3O2/c1-8(2)5-12(18)16-7-10-4-3-9(6-11(10)14)13(15)17-19/h3-4,6,8,19H,5,7H2,1-2H3,(H2,15,17)(H,16,18). The van der Waals surface area contributed by atoms with Crippen LogP contribution in [0.25, 0.3) is 0 Å². The van der Waals surface area contributed by atoms with Crippen LogP contribution >= 0.6 is 0 Å². The van der Waals surface area contributed by atoms with Crippen LogP contribution in [-0.4, -0.2) is 17.0 Å². The molecule has 1 aromatic carbocycles. The molecule has 1 amide bonds. The third-order valence-corrected chi connectivity index (χ3v) is 2.53. The number of nitrogens with one attached hydrogen (secondary N) is 1. The van der Waals surface area contributed by atoms with Crippen LogP contribution in [0.4, 0.5) is 4.39 Å². The zero-order chi connectivity index (χ0) is 14.4. The molecule has 5 nitrogen and oxygen atoms in total. The Hall–Kier alpha value is -2.11. The highest BCUT2D eigenvalue weighted by Crippen LogP contribution is 2.10. The summed E-state index contributed by atoms with van der Waals surface area (Å²) in [5.41, 5.74) is 6.00. The summed E-state index contributed by atoms with van der Waals surface area (Å²) in [5, 5.41) is 13.9. The number of halogens is 1. The number of nitrogens with two attached hydrogens (primary N) is 1. The van der Waals surface area contributed by atoms with E-state index in [0.717, 1.165) is 0 Å². The first-order chi connectivity index (χ1) is 8.93. The van der Waals surface area contributed by atoms with E-state index in [-0.39, 0.29) is 29.8 Å². The molecule has 0 radical (unpaired) electrons. The summed E-state index contributed by atoms with van der Waals surface area (Å²) in [5.74, 6) is -0.522. The molecule has 6 heteroatoms. The molecule has 0 aliphatic carbocycles. The van der Waals surface area contributed by atoms with Gasteiger partial charge in [0.2, 0.25) is 5.91 Å². The molecule has 0 aromatic heterocycles. The molecule has 0 bridgehead atoms. The average molecular weight is 267 g/mol. The Bertz CT molecular complexity index is 487. The topological polar surface area (TPSA) is 87.7 Å². The first-order valence-corrected chi connectivity index (χ1v) is 5.97.